The highest BCUT2D eigenvalue weighted by molar-refractivity contribution is 8.15. The SMILES string of the molecule is Cc1ccc(N=C2SC(C(=O)Nc3ccc(Cl)cc3)CC(=O)N2C)cc1C. The van der Waals surface area contributed by atoms with E-state index in [-0.39, 0.29) is 18.2 Å². The summed E-state index contributed by atoms with van der Waals surface area (Å²) in [5, 5.41) is 3.41. The molecule has 1 heterocycles. The fourth-order valence-electron chi connectivity index (χ4n) is 2.56. The number of thioether (sulfide) groups is 1. The van der Waals surface area contributed by atoms with Crippen molar-refractivity contribution in [1.82, 2.24) is 4.90 Å². The second-order valence-electron chi connectivity index (χ2n) is 6.42. The molecule has 2 aromatic carbocycles. The van der Waals surface area contributed by atoms with Crippen molar-refractivity contribution >= 4 is 51.7 Å². The fourth-order valence-corrected chi connectivity index (χ4v) is 3.75. The Kier molecular flexibility index (Phi) is 5.87. The monoisotopic (exact) mass is 401 g/mol. The Balaban J connectivity index is 1.78. The molecule has 1 aliphatic heterocycles. The Bertz CT molecular complexity index is 912. The number of carbonyl (C=O) groups is 2. The van der Waals surface area contributed by atoms with Gasteiger partial charge in [0.05, 0.1) is 5.69 Å². The van der Waals surface area contributed by atoms with E-state index >= 15 is 0 Å². The summed E-state index contributed by atoms with van der Waals surface area (Å²) in [4.78, 5) is 31.1. The van der Waals surface area contributed by atoms with E-state index in [2.05, 4.69) is 10.3 Å². The molecule has 7 heteroatoms. The van der Waals surface area contributed by atoms with Crippen molar-refractivity contribution in [1.29, 1.82) is 0 Å². The maximum absolute atomic E-state index is 12.6. The van der Waals surface area contributed by atoms with Crippen LogP contribution in [0.25, 0.3) is 0 Å². The fraction of sp³-hybridized carbons (Fsp3) is 0.250. The zero-order valence-electron chi connectivity index (χ0n) is 15.3. The Hall–Kier alpha value is -2.31. The van der Waals surface area contributed by atoms with E-state index in [1.807, 2.05) is 32.0 Å². The van der Waals surface area contributed by atoms with Gasteiger partial charge in [-0.05, 0) is 61.4 Å². The van der Waals surface area contributed by atoms with Crippen LogP contribution in [-0.4, -0.2) is 34.2 Å². The third kappa shape index (κ3) is 4.70. The van der Waals surface area contributed by atoms with Crippen LogP contribution in [0.5, 0.6) is 0 Å². The summed E-state index contributed by atoms with van der Waals surface area (Å²) in [6.45, 7) is 4.05. The molecule has 140 valence electrons. The zero-order valence-corrected chi connectivity index (χ0v) is 16.9. The van der Waals surface area contributed by atoms with E-state index < -0.39 is 5.25 Å². The van der Waals surface area contributed by atoms with Gasteiger partial charge in [0.2, 0.25) is 11.8 Å². The standard InChI is InChI=1S/C20H20ClN3O2S/c1-12-4-7-16(10-13(12)2)23-20-24(3)18(25)11-17(27-20)19(26)22-15-8-5-14(21)6-9-15/h4-10,17H,11H2,1-3H3,(H,22,26). The highest BCUT2D eigenvalue weighted by Crippen LogP contribution is 2.29. The lowest BCUT2D eigenvalue weighted by atomic mass is 10.1. The normalized spacial score (nSPS) is 18.7. The summed E-state index contributed by atoms with van der Waals surface area (Å²) < 4.78 is 0. The molecule has 1 saturated heterocycles. The number of benzene rings is 2. The molecule has 0 bridgehead atoms. The number of nitrogens with one attached hydrogen (secondary N) is 1. The lowest BCUT2D eigenvalue weighted by Crippen LogP contribution is -2.43. The molecule has 1 aliphatic rings. The van der Waals surface area contributed by atoms with Crippen LogP contribution in [-0.2, 0) is 9.59 Å². The van der Waals surface area contributed by atoms with Crippen LogP contribution in [0.1, 0.15) is 17.5 Å². The Labute approximate surface area is 167 Å². The number of nitrogens with zero attached hydrogens (tertiary/aromatic N) is 2. The summed E-state index contributed by atoms with van der Waals surface area (Å²) in [7, 11) is 1.68. The zero-order chi connectivity index (χ0) is 19.6. The molecule has 0 spiro atoms. The molecule has 1 unspecified atom stereocenters. The van der Waals surface area contributed by atoms with Gasteiger partial charge in [0.15, 0.2) is 5.17 Å². The Morgan fingerprint density at radius 1 is 1.19 bits per heavy atom. The van der Waals surface area contributed by atoms with Gasteiger partial charge in [0, 0.05) is 24.2 Å². The quantitative estimate of drug-likeness (QED) is 0.820. The first-order chi connectivity index (χ1) is 12.8. The van der Waals surface area contributed by atoms with Gasteiger partial charge in [0.25, 0.3) is 0 Å². The van der Waals surface area contributed by atoms with Gasteiger partial charge < -0.3 is 5.32 Å². The van der Waals surface area contributed by atoms with Gasteiger partial charge in [-0.2, -0.15) is 0 Å². The average molecular weight is 402 g/mol. The number of amides is 2. The first-order valence-corrected chi connectivity index (χ1v) is 9.75. The Morgan fingerprint density at radius 3 is 2.56 bits per heavy atom. The highest BCUT2D eigenvalue weighted by atomic mass is 35.5. The molecule has 1 atom stereocenters. The highest BCUT2D eigenvalue weighted by Gasteiger charge is 2.34. The third-order valence-electron chi connectivity index (χ3n) is 4.39. The molecule has 2 amide bonds. The van der Waals surface area contributed by atoms with Crippen LogP contribution < -0.4 is 5.32 Å². The van der Waals surface area contributed by atoms with Crippen LogP contribution >= 0.6 is 23.4 Å². The first-order valence-electron chi connectivity index (χ1n) is 8.49. The predicted octanol–water partition coefficient (Wildman–Crippen LogP) is 4.55. The van der Waals surface area contributed by atoms with Crippen LogP contribution in [0.2, 0.25) is 5.02 Å². The van der Waals surface area contributed by atoms with Crippen molar-refractivity contribution in [2.45, 2.75) is 25.5 Å². The molecular weight excluding hydrogens is 382 g/mol. The molecule has 5 nitrogen and oxygen atoms in total. The minimum absolute atomic E-state index is 0.131. The molecule has 0 aliphatic carbocycles. The van der Waals surface area contributed by atoms with E-state index in [0.717, 1.165) is 11.3 Å². The second kappa shape index (κ2) is 8.15. The van der Waals surface area contributed by atoms with Crippen LogP contribution in [0.4, 0.5) is 11.4 Å². The summed E-state index contributed by atoms with van der Waals surface area (Å²) in [6.07, 6.45) is 0.131. The molecule has 0 radical (unpaired) electrons. The van der Waals surface area contributed by atoms with Gasteiger partial charge in [-0.25, -0.2) is 4.99 Å². The molecule has 27 heavy (non-hydrogen) atoms. The predicted molar refractivity (Wildman–Crippen MR) is 112 cm³/mol. The minimum atomic E-state index is -0.533. The molecule has 1 N–H and O–H groups in total. The molecule has 0 aromatic heterocycles. The number of rotatable bonds is 3. The molecule has 3 rings (SSSR count). The van der Waals surface area contributed by atoms with Crippen molar-refractivity contribution in [3.63, 3.8) is 0 Å². The van der Waals surface area contributed by atoms with E-state index in [9.17, 15) is 9.59 Å². The molecular formula is C20H20ClN3O2S. The largest absolute Gasteiger partial charge is 0.325 e. The van der Waals surface area contributed by atoms with Crippen molar-refractivity contribution in [2.24, 2.45) is 4.99 Å². The summed E-state index contributed by atoms with van der Waals surface area (Å²) in [5.41, 5.74) is 3.71. The Morgan fingerprint density at radius 2 is 1.89 bits per heavy atom. The van der Waals surface area contributed by atoms with Crippen molar-refractivity contribution in [2.75, 3.05) is 12.4 Å². The topological polar surface area (TPSA) is 61.8 Å². The second-order valence-corrected chi connectivity index (χ2v) is 8.03. The van der Waals surface area contributed by atoms with Gasteiger partial charge >= 0.3 is 0 Å². The third-order valence-corrected chi connectivity index (χ3v) is 5.88. The van der Waals surface area contributed by atoms with E-state index in [4.69, 9.17) is 11.6 Å². The lowest BCUT2D eigenvalue weighted by Gasteiger charge is -2.28. The van der Waals surface area contributed by atoms with E-state index in [0.29, 0.717) is 15.9 Å². The smallest absolute Gasteiger partial charge is 0.238 e. The number of hydrogen-bond acceptors (Lipinski definition) is 4. The van der Waals surface area contributed by atoms with Crippen LogP contribution in [0.15, 0.2) is 47.5 Å². The number of aryl methyl sites for hydroxylation is 2. The number of hydrogen-bond donors (Lipinski definition) is 1. The van der Waals surface area contributed by atoms with Crippen LogP contribution in [0.3, 0.4) is 0 Å². The number of anilines is 1. The van der Waals surface area contributed by atoms with Crippen molar-refractivity contribution in [3.05, 3.63) is 58.6 Å². The molecule has 0 saturated carbocycles. The minimum Gasteiger partial charge on any atom is -0.325 e. The van der Waals surface area contributed by atoms with Crippen molar-refractivity contribution in [3.8, 4) is 0 Å². The van der Waals surface area contributed by atoms with Crippen LogP contribution in [0, 0.1) is 13.8 Å². The van der Waals surface area contributed by atoms with Gasteiger partial charge in [-0.3, -0.25) is 14.5 Å². The first kappa shape index (κ1) is 19.5. The van der Waals surface area contributed by atoms with E-state index in [1.165, 1.54) is 22.2 Å². The van der Waals surface area contributed by atoms with Gasteiger partial charge in [-0.1, -0.05) is 29.4 Å². The van der Waals surface area contributed by atoms with E-state index in [1.54, 1.807) is 31.3 Å². The number of carbonyl (C=O) groups excluding carboxylic acids is 2. The number of amidine groups is 1. The average Bonchev–Trinajstić information content (AvgIpc) is 2.63. The number of aliphatic imine (C=N–C) groups is 1. The summed E-state index contributed by atoms with van der Waals surface area (Å²) in [5.74, 6) is -0.357. The van der Waals surface area contributed by atoms with Crippen molar-refractivity contribution < 1.29 is 9.59 Å². The maximum Gasteiger partial charge on any atom is 0.238 e. The lowest BCUT2D eigenvalue weighted by molar-refractivity contribution is -0.128. The maximum atomic E-state index is 12.6. The number of halogens is 1. The summed E-state index contributed by atoms with van der Waals surface area (Å²) in [6, 6.07) is 12.7. The molecule has 2 aromatic rings. The molecule has 1 fully saturated rings. The summed E-state index contributed by atoms with van der Waals surface area (Å²) >= 11 is 7.16. The van der Waals surface area contributed by atoms with Gasteiger partial charge in [-0.15, -0.1) is 0 Å². The van der Waals surface area contributed by atoms with Gasteiger partial charge in [0.1, 0.15) is 5.25 Å².